The monoisotopic (exact) mass is 242 g/mol. The van der Waals surface area contributed by atoms with Crippen molar-refractivity contribution in [1.82, 2.24) is 9.97 Å². The van der Waals surface area contributed by atoms with E-state index in [1.165, 1.54) is 18.1 Å². The Kier molecular flexibility index (Phi) is 4.12. The summed E-state index contributed by atoms with van der Waals surface area (Å²) in [5, 5.41) is 0.904. The van der Waals surface area contributed by atoms with Crippen LogP contribution in [-0.2, 0) is 11.2 Å². The Bertz CT molecular complexity index is 356. The number of nitrogens with zero attached hydrogens (tertiary/aromatic N) is 2. The molecule has 3 nitrogen and oxygen atoms in total. The summed E-state index contributed by atoms with van der Waals surface area (Å²) >= 11 is 1.51. The molecule has 0 spiro atoms. The van der Waals surface area contributed by atoms with Crippen molar-refractivity contribution in [3.05, 3.63) is 17.8 Å². The van der Waals surface area contributed by atoms with Crippen LogP contribution in [0.5, 0.6) is 0 Å². The fourth-order valence-electron chi connectivity index (χ4n) is 1.67. The molecule has 0 atom stereocenters. The van der Waals surface area contributed by atoms with Gasteiger partial charge in [-0.05, 0) is 19.3 Å². The van der Waals surface area contributed by atoms with E-state index in [2.05, 4.69) is 9.97 Å². The average molecular weight is 242 g/mol. The quantitative estimate of drug-likeness (QED) is 0.763. The molecule has 16 heavy (non-hydrogen) atoms. The van der Waals surface area contributed by atoms with Crippen molar-refractivity contribution in [2.75, 3.05) is 13.2 Å². The van der Waals surface area contributed by atoms with Crippen LogP contribution in [0.1, 0.15) is 25.5 Å². The van der Waals surface area contributed by atoms with Crippen LogP contribution in [0.15, 0.2) is 11.4 Å². The van der Waals surface area contributed by atoms with Crippen LogP contribution in [0.25, 0.3) is 0 Å². The minimum Gasteiger partial charge on any atom is -0.381 e. The maximum absolute atomic E-state index is 13.9. The molecule has 2 rings (SSSR count). The largest absolute Gasteiger partial charge is 0.381 e. The summed E-state index contributed by atoms with van der Waals surface area (Å²) < 4.78 is 19.1. The normalized spacial score (nSPS) is 17.6. The Morgan fingerprint density at radius 2 is 2.19 bits per heavy atom. The molecule has 1 aromatic rings. The van der Waals surface area contributed by atoms with Gasteiger partial charge in [-0.1, -0.05) is 18.7 Å². The average Bonchev–Trinajstić information content (AvgIpc) is 2.33. The summed E-state index contributed by atoms with van der Waals surface area (Å²) in [7, 11) is 0. The molecule has 1 fully saturated rings. The summed E-state index contributed by atoms with van der Waals surface area (Å²) in [5.74, 6) is -0.249. The molecule has 1 aliphatic heterocycles. The number of ether oxygens (including phenoxy) is 1. The van der Waals surface area contributed by atoms with Crippen LogP contribution in [0.2, 0.25) is 0 Å². The second-order valence-corrected chi connectivity index (χ2v) is 5.01. The minimum atomic E-state index is -0.249. The molecule has 5 heteroatoms. The van der Waals surface area contributed by atoms with Gasteiger partial charge in [0.25, 0.3) is 0 Å². The van der Waals surface area contributed by atoms with Gasteiger partial charge in [0.1, 0.15) is 11.4 Å². The molecule has 0 aromatic carbocycles. The number of halogens is 1. The van der Waals surface area contributed by atoms with Crippen LogP contribution in [0.4, 0.5) is 4.39 Å². The minimum absolute atomic E-state index is 0.249. The van der Waals surface area contributed by atoms with Gasteiger partial charge in [-0.15, -0.1) is 0 Å². The highest BCUT2D eigenvalue weighted by Gasteiger charge is 2.19. The molecular weight excluding hydrogens is 227 g/mol. The molecule has 0 bridgehead atoms. The molecule has 1 saturated heterocycles. The molecule has 1 aliphatic rings. The lowest BCUT2D eigenvalue weighted by Crippen LogP contribution is -2.18. The van der Waals surface area contributed by atoms with Gasteiger partial charge in [-0.2, -0.15) is 0 Å². The maximum atomic E-state index is 13.9. The van der Waals surface area contributed by atoms with Crippen molar-refractivity contribution in [1.29, 1.82) is 0 Å². The fraction of sp³-hybridized carbons (Fsp3) is 0.636. The van der Waals surface area contributed by atoms with Gasteiger partial charge < -0.3 is 4.74 Å². The lowest BCUT2D eigenvalue weighted by Gasteiger charge is -2.21. The SMILES string of the molecule is CCc1ncnc(SC2CCOCC2)c1F. The van der Waals surface area contributed by atoms with Crippen LogP contribution in [0, 0.1) is 5.82 Å². The van der Waals surface area contributed by atoms with Gasteiger partial charge >= 0.3 is 0 Å². The first-order chi connectivity index (χ1) is 7.81. The third-order valence-electron chi connectivity index (χ3n) is 2.61. The number of rotatable bonds is 3. The first-order valence-corrected chi connectivity index (χ1v) is 6.43. The molecule has 0 unspecified atom stereocenters. The van der Waals surface area contributed by atoms with Crippen molar-refractivity contribution < 1.29 is 9.13 Å². The van der Waals surface area contributed by atoms with Gasteiger partial charge in [0.2, 0.25) is 0 Å². The zero-order chi connectivity index (χ0) is 11.4. The third kappa shape index (κ3) is 2.71. The van der Waals surface area contributed by atoms with E-state index < -0.39 is 0 Å². The molecule has 88 valence electrons. The number of aromatic nitrogens is 2. The highest BCUT2D eigenvalue weighted by Crippen LogP contribution is 2.30. The van der Waals surface area contributed by atoms with E-state index in [-0.39, 0.29) is 5.82 Å². The first-order valence-electron chi connectivity index (χ1n) is 5.55. The lowest BCUT2D eigenvalue weighted by atomic mass is 10.2. The van der Waals surface area contributed by atoms with Crippen LogP contribution >= 0.6 is 11.8 Å². The molecule has 0 aliphatic carbocycles. The number of thioether (sulfide) groups is 1. The standard InChI is InChI=1S/C11H15FN2OS/c1-2-9-10(12)11(14-7-13-9)16-8-3-5-15-6-4-8/h7-8H,2-6H2,1H3. The highest BCUT2D eigenvalue weighted by molar-refractivity contribution is 7.99. The van der Waals surface area contributed by atoms with E-state index in [1.807, 2.05) is 6.92 Å². The predicted molar refractivity (Wildman–Crippen MR) is 61.1 cm³/mol. The van der Waals surface area contributed by atoms with Crippen LogP contribution in [-0.4, -0.2) is 28.4 Å². The lowest BCUT2D eigenvalue weighted by molar-refractivity contribution is 0.1000. The summed E-state index contributed by atoms with van der Waals surface area (Å²) in [6, 6.07) is 0. The van der Waals surface area contributed by atoms with Crippen molar-refractivity contribution in [3.63, 3.8) is 0 Å². The molecule has 2 heterocycles. The van der Waals surface area contributed by atoms with Gasteiger partial charge in [-0.25, -0.2) is 14.4 Å². The van der Waals surface area contributed by atoms with Crippen molar-refractivity contribution >= 4 is 11.8 Å². The van der Waals surface area contributed by atoms with E-state index in [0.717, 1.165) is 26.1 Å². The second kappa shape index (κ2) is 5.59. The fourth-order valence-corrected chi connectivity index (χ4v) is 2.74. The smallest absolute Gasteiger partial charge is 0.176 e. The summed E-state index contributed by atoms with van der Waals surface area (Å²) in [4.78, 5) is 7.94. The molecule has 0 saturated carbocycles. The van der Waals surface area contributed by atoms with E-state index in [4.69, 9.17) is 4.74 Å². The maximum Gasteiger partial charge on any atom is 0.176 e. The zero-order valence-electron chi connectivity index (χ0n) is 9.28. The molecular formula is C11H15FN2OS. The molecule has 1 aromatic heterocycles. The van der Waals surface area contributed by atoms with Crippen LogP contribution in [0.3, 0.4) is 0 Å². The molecule has 0 amide bonds. The van der Waals surface area contributed by atoms with Crippen molar-refractivity contribution in [2.45, 2.75) is 36.5 Å². The number of aryl methyl sites for hydroxylation is 1. The van der Waals surface area contributed by atoms with Crippen molar-refractivity contribution in [3.8, 4) is 0 Å². The van der Waals surface area contributed by atoms with Crippen molar-refractivity contribution in [2.24, 2.45) is 0 Å². The van der Waals surface area contributed by atoms with Gasteiger partial charge in [0, 0.05) is 18.5 Å². The zero-order valence-corrected chi connectivity index (χ0v) is 10.1. The van der Waals surface area contributed by atoms with E-state index in [9.17, 15) is 4.39 Å². The summed E-state index contributed by atoms with van der Waals surface area (Å²) in [6.07, 6.45) is 3.99. The third-order valence-corrected chi connectivity index (χ3v) is 3.92. The van der Waals surface area contributed by atoms with Gasteiger partial charge in [0.15, 0.2) is 5.82 Å². The van der Waals surface area contributed by atoms with Crippen LogP contribution < -0.4 is 0 Å². The van der Waals surface area contributed by atoms with Gasteiger partial charge in [0.05, 0.1) is 5.69 Å². The highest BCUT2D eigenvalue weighted by atomic mass is 32.2. The van der Waals surface area contributed by atoms with E-state index in [1.54, 1.807) is 0 Å². The Labute approximate surface area is 98.8 Å². The summed E-state index contributed by atoms with van der Waals surface area (Å²) in [5.41, 5.74) is 0.504. The number of hydrogen-bond acceptors (Lipinski definition) is 4. The topological polar surface area (TPSA) is 35.0 Å². The van der Waals surface area contributed by atoms with E-state index in [0.29, 0.717) is 22.4 Å². The Balaban J connectivity index is 2.08. The molecule has 0 N–H and O–H groups in total. The van der Waals surface area contributed by atoms with Gasteiger partial charge in [-0.3, -0.25) is 0 Å². The predicted octanol–water partition coefficient (Wildman–Crippen LogP) is 2.45. The Hall–Kier alpha value is -0.680. The Morgan fingerprint density at radius 1 is 1.44 bits per heavy atom. The first kappa shape index (κ1) is 11.8. The molecule has 0 radical (unpaired) electrons. The number of hydrogen-bond donors (Lipinski definition) is 0. The second-order valence-electron chi connectivity index (χ2n) is 3.72. The Morgan fingerprint density at radius 3 is 2.88 bits per heavy atom. The summed E-state index contributed by atoms with van der Waals surface area (Å²) in [6.45, 7) is 3.43. The van der Waals surface area contributed by atoms with E-state index >= 15 is 0 Å².